The van der Waals surface area contributed by atoms with E-state index >= 15 is 0 Å². The summed E-state index contributed by atoms with van der Waals surface area (Å²) in [6.07, 6.45) is 4.12. The molecule has 1 aromatic heterocycles. The minimum absolute atomic E-state index is 0.234. The van der Waals surface area contributed by atoms with Gasteiger partial charge in [0.15, 0.2) is 0 Å². The van der Waals surface area contributed by atoms with E-state index in [0.717, 1.165) is 38.0 Å². The van der Waals surface area contributed by atoms with E-state index in [0.29, 0.717) is 6.54 Å². The number of aliphatic hydroxyl groups excluding tert-OH is 1. The Bertz CT molecular complexity index is 349. The summed E-state index contributed by atoms with van der Waals surface area (Å²) >= 11 is 0. The first-order chi connectivity index (χ1) is 8.77. The van der Waals surface area contributed by atoms with Crippen LogP contribution in [0, 0.1) is 0 Å². The van der Waals surface area contributed by atoms with Crippen molar-refractivity contribution >= 4 is 5.97 Å². The van der Waals surface area contributed by atoms with Crippen LogP contribution in [0.15, 0.2) is 16.5 Å². The highest BCUT2D eigenvalue weighted by Gasteiger charge is 2.10. The van der Waals surface area contributed by atoms with Gasteiger partial charge in [0.05, 0.1) is 13.7 Å². The van der Waals surface area contributed by atoms with E-state index in [2.05, 4.69) is 10.1 Å². The molecule has 1 heterocycles. The lowest BCUT2D eigenvalue weighted by Gasteiger charge is -2.02. The molecule has 0 saturated carbocycles. The highest BCUT2D eigenvalue weighted by atomic mass is 16.5. The van der Waals surface area contributed by atoms with Gasteiger partial charge in [0.25, 0.3) is 0 Å². The van der Waals surface area contributed by atoms with Gasteiger partial charge in [-0.05, 0) is 31.5 Å². The Morgan fingerprint density at radius 2 is 2.11 bits per heavy atom. The topological polar surface area (TPSA) is 71.7 Å². The molecular formula is C13H21NO4. The maximum absolute atomic E-state index is 11.1. The molecule has 1 rings (SSSR count). The number of hydrogen-bond acceptors (Lipinski definition) is 5. The van der Waals surface area contributed by atoms with Crippen LogP contribution in [0.1, 0.15) is 42.0 Å². The lowest BCUT2D eigenvalue weighted by Crippen LogP contribution is -2.14. The molecule has 0 aliphatic carbocycles. The van der Waals surface area contributed by atoms with Crippen LogP contribution in [-0.4, -0.2) is 31.3 Å². The Morgan fingerprint density at radius 1 is 1.33 bits per heavy atom. The van der Waals surface area contributed by atoms with Gasteiger partial charge >= 0.3 is 5.97 Å². The molecule has 0 saturated heterocycles. The van der Waals surface area contributed by atoms with E-state index in [4.69, 9.17) is 9.52 Å². The molecule has 0 aliphatic rings. The van der Waals surface area contributed by atoms with Crippen molar-refractivity contribution in [2.75, 3.05) is 20.3 Å². The van der Waals surface area contributed by atoms with Crippen LogP contribution in [0.3, 0.4) is 0 Å². The van der Waals surface area contributed by atoms with Gasteiger partial charge < -0.3 is 19.6 Å². The normalized spacial score (nSPS) is 10.6. The fraction of sp³-hybridized carbons (Fsp3) is 0.615. The van der Waals surface area contributed by atoms with Crippen molar-refractivity contribution in [2.24, 2.45) is 0 Å². The van der Waals surface area contributed by atoms with Crippen LogP contribution in [-0.2, 0) is 11.3 Å². The van der Waals surface area contributed by atoms with E-state index < -0.39 is 5.97 Å². The predicted molar refractivity (Wildman–Crippen MR) is 67.3 cm³/mol. The Balaban J connectivity index is 2.12. The Hall–Kier alpha value is -1.33. The first kappa shape index (κ1) is 14.7. The van der Waals surface area contributed by atoms with E-state index in [1.54, 1.807) is 12.1 Å². The Morgan fingerprint density at radius 3 is 2.83 bits per heavy atom. The zero-order chi connectivity index (χ0) is 13.2. The SMILES string of the molecule is COC(=O)c1ccc(CNCCCCCCO)o1. The van der Waals surface area contributed by atoms with Crippen molar-refractivity contribution in [1.29, 1.82) is 0 Å². The Labute approximate surface area is 107 Å². The number of rotatable bonds is 9. The molecular weight excluding hydrogens is 234 g/mol. The minimum atomic E-state index is -0.453. The summed E-state index contributed by atoms with van der Waals surface area (Å²) in [5, 5.41) is 11.9. The van der Waals surface area contributed by atoms with Crippen LogP contribution in [0.4, 0.5) is 0 Å². The maximum atomic E-state index is 11.1. The number of carbonyl (C=O) groups excluding carboxylic acids is 1. The lowest BCUT2D eigenvalue weighted by molar-refractivity contribution is 0.0563. The molecule has 0 amide bonds. The fourth-order valence-electron chi connectivity index (χ4n) is 1.61. The second kappa shape index (κ2) is 8.72. The second-order valence-corrected chi connectivity index (χ2v) is 4.07. The highest BCUT2D eigenvalue weighted by molar-refractivity contribution is 5.86. The zero-order valence-electron chi connectivity index (χ0n) is 10.8. The number of unbranched alkanes of at least 4 members (excludes halogenated alkanes) is 3. The summed E-state index contributed by atoms with van der Waals surface area (Å²) in [5.41, 5.74) is 0. The van der Waals surface area contributed by atoms with Crippen LogP contribution in [0.5, 0.6) is 0 Å². The average Bonchev–Trinajstić information content (AvgIpc) is 2.85. The molecule has 1 aromatic rings. The minimum Gasteiger partial charge on any atom is -0.463 e. The fourth-order valence-corrected chi connectivity index (χ4v) is 1.61. The number of furan rings is 1. The lowest BCUT2D eigenvalue weighted by atomic mass is 10.2. The van der Waals surface area contributed by atoms with Gasteiger partial charge in [0.2, 0.25) is 5.76 Å². The molecule has 2 N–H and O–H groups in total. The first-order valence-corrected chi connectivity index (χ1v) is 6.26. The van der Waals surface area contributed by atoms with Gasteiger partial charge in [-0.3, -0.25) is 0 Å². The number of carbonyl (C=O) groups is 1. The summed E-state index contributed by atoms with van der Waals surface area (Å²) < 4.78 is 9.87. The summed E-state index contributed by atoms with van der Waals surface area (Å²) in [6.45, 7) is 1.78. The van der Waals surface area contributed by atoms with Crippen molar-refractivity contribution in [3.63, 3.8) is 0 Å². The number of esters is 1. The first-order valence-electron chi connectivity index (χ1n) is 6.26. The largest absolute Gasteiger partial charge is 0.463 e. The summed E-state index contributed by atoms with van der Waals surface area (Å²) in [5.74, 6) is 0.508. The van der Waals surface area contributed by atoms with Crippen LogP contribution in [0.25, 0.3) is 0 Å². The smallest absolute Gasteiger partial charge is 0.373 e. The van der Waals surface area contributed by atoms with Crippen LogP contribution in [0.2, 0.25) is 0 Å². The molecule has 0 aliphatic heterocycles. The van der Waals surface area contributed by atoms with Crippen molar-refractivity contribution in [3.05, 3.63) is 23.7 Å². The van der Waals surface area contributed by atoms with E-state index in [-0.39, 0.29) is 12.4 Å². The van der Waals surface area contributed by atoms with Crippen molar-refractivity contribution in [2.45, 2.75) is 32.2 Å². The van der Waals surface area contributed by atoms with Gasteiger partial charge in [0.1, 0.15) is 5.76 Å². The van der Waals surface area contributed by atoms with Crippen molar-refractivity contribution < 1.29 is 19.1 Å². The third-order valence-corrected chi connectivity index (χ3v) is 2.61. The molecule has 0 aromatic carbocycles. The van der Waals surface area contributed by atoms with Crippen LogP contribution >= 0.6 is 0 Å². The molecule has 5 heteroatoms. The second-order valence-electron chi connectivity index (χ2n) is 4.07. The standard InChI is InChI=1S/C13H21NO4/c1-17-13(16)12-7-6-11(18-12)10-14-8-4-2-3-5-9-15/h6-7,14-15H,2-5,8-10H2,1H3. The van der Waals surface area contributed by atoms with Gasteiger partial charge in [-0.15, -0.1) is 0 Å². The molecule has 0 atom stereocenters. The van der Waals surface area contributed by atoms with Gasteiger partial charge in [-0.25, -0.2) is 4.79 Å². The molecule has 0 unspecified atom stereocenters. The Kier molecular flexibility index (Phi) is 7.13. The molecule has 0 spiro atoms. The zero-order valence-corrected chi connectivity index (χ0v) is 10.8. The number of hydrogen-bond donors (Lipinski definition) is 2. The number of methoxy groups -OCH3 is 1. The summed E-state index contributed by atoms with van der Waals surface area (Å²) in [6, 6.07) is 3.38. The van der Waals surface area contributed by atoms with Gasteiger partial charge in [-0.1, -0.05) is 12.8 Å². The molecule has 18 heavy (non-hydrogen) atoms. The third-order valence-electron chi connectivity index (χ3n) is 2.61. The maximum Gasteiger partial charge on any atom is 0.373 e. The average molecular weight is 255 g/mol. The van der Waals surface area contributed by atoms with E-state index in [1.165, 1.54) is 7.11 Å². The number of nitrogens with one attached hydrogen (secondary N) is 1. The number of ether oxygens (including phenoxy) is 1. The van der Waals surface area contributed by atoms with E-state index in [1.807, 2.05) is 0 Å². The highest BCUT2D eigenvalue weighted by Crippen LogP contribution is 2.08. The number of aliphatic hydroxyl groups is 1. The molecule has 0 bridgehead atoms. The molecule has 0 fully saturated rings. The quantitative estimate of drug-likeness (QED) is 0.519. The summed E-state index contributed by atoms with van der Waals surface area (Å²) in [4.78, 5) is 11.1. The van der Waals surface area contributed by atoms with Crippen molar-refractivity contribution in [3.8, 4) is 0 Å². The van der Waals surface area contributed by atoms with Gasteiger partial charge in [0, 0.05) is 6.61 Å². The molecule has 0 radical (unpaired) electrons. The molecule has 102 valence electrons. The third kappa shape index (κ3) is 5.33. The van der Waals surface area contributed by atoms with Crippen molar-refractivity contribution in [1.82, 2.24) is 5.32 Å². The summed E-state index contributed by atoms with van der Waals surface area (Å²) in [7, 11) is 1.33. The van der Waals surface area contributed by atoms with E-state index in [9.17, 15) is 4.79 Å². The molecule has 5 nitrogen and oxygen atoms in total. The van der Waals surface area contributed by atoms with Gasteiger partial charge in [-0.2, -0.15) is 0 Å². The monoisotopic (exact) mass is 255 g/mol. The van der Waals surface area contributed by atoms with Crippen LogP contribution < -0.4 is 5.32 Å². The predicted octanol–water partition coefficient (Wildman–Crippen LogP) is 1.71.